The minimum Gasteiger partial charge on any atom is -0.481 e. The number of halogens is 2. The van der Waals surface area contributed by atoms with Gasteiger partial charge in [-0.3, -0.25) is 4.79 Å². The maximum absolute atomic E-state index is 13.6. The number of carboxylic acid groups (broad SMARTS) is 1. The SMILES string of the molecule is COCc1cc(F)c(F)c(CC(C)(C)C(=O)O)c1. The molecule has 0 fully saturated rings. The first-order chi connectivity index (χ1) is 8.27. The Morgan fingerprint density at radius 2 is 2.00 bits per heavy atom. The van der Waals surface area contributed by atoms with Gasteiger partial charge in [-0.05, 0) is 37.5 Å². The number of hydrogen-bond acceptors (Lipinski definition) is 2. The highest BCUT2D eigenvalue weighted by molar-refractivity contribution is 5.74. The highest BCUT2D eigenvalue weighted by atomic mass is 19.2. The second-order valence-corrected chi connectivity index (χ2v) is 4.85. The van der Waals surface area contributed by atoms with E-state index in [0.29, 0.717) is 5.56 Å². The van der Waals surface area contributed by atoms with Crippen LogP contribution in [0.4, 0.5) is 8.78 Å². The van der Waals surface area contributed by atoms with Crippen molar-refractivity contribution in [2.75, 3.05) is 7.11 Å². The zero-order valence-corrected chi connectivity index (χ0v) is 10.6. The summed E-state index contributed by atoms with van der Waals surface area (Å²) in [4.78, 5) is 11.0. The molecule has 0 spiro atoms. The van der Waals surface area contributed by atoms with Gasteiger partial charge in [-0.25, -0.2) is 8.78 Å². The minimum absolute atomic E-state index is 0.0504. The number of rotatable bonds is 5. The number of carboxylic acids is 1. The fourth-order valence-electron chi connectivity index (χ4n) is 1.64. The average Bonchev–Trinajstić information content (AvgIpc) is 2.25. The molecule has 1 N–H and O–H groups in total. The standard InChI is InChI=1S/C13H16F2O3/c1-13(2,12(16)17)6-9-4-8(7-18-3)5-10(14)11(9)15/h4-5H,6-7H2,1-3H3,(H,16,17). The Morgan fingerprint density at radius 3 is 2.50 bits per heavy atom. The molecule has 0 aliphatic rings. The third-order valence-corrected chi connectivity index (χ3v) is 2.69. The second-order valence-electron chi connectivity index (χ2n) is 4.85. The molecule has 0 unspecified atom stereocenters. The Hall–Kier alpha value is -1.49. The lowest BCUT2D eigenvalue weighted by atomic mass is 9.85. The van der Waals surface area contributed by atoms with Crippen molar-refractivity contribution >= 4 is 5.97 Å². The number of hydrogen-bond donors (Lipinski definition) is 1. The van der Waals surface area contributed by atoms with E-state index in [2.05, 4.69) is 0 Å². The lowest BCUT2D eigenvalue weighted by Crippen LogP contribution is -2.26. The fraction of sp³-hybridized carbons (Fsp3) is 0.462. The summed E-state index contributed by atoms with van der Waals surface area (Å²) in [5, 5.41) is 8.99. The molecule has 0 atom stereocenters. The van der Waals surface area contributed by atoms with Gasteiger partial charge in [-0.1, -0.05) is 6.07 Å². The third-order valence-electron chi connectivity index (χ3n) is 2.69. The van der Waals surface area contributed by atoms with Gasteiger partial charge in [0.15, 0.2) is 11.6 Å². The number of benzene rings is 1. The van der Waals surface area contributed by atoms with Crippen LogP contribution < -0.4 is 0 Å². The zero-order chi connectivity index (χ0) is 13.9. The van der Waals surface area contributed by atoms with E-state index >= 15 is 0 Å². The molecular formula is C13H16F2O3. The van der Waals surface area contributed by atoms with Gasteiger partial charge < -0.3 is 9.84 Å². The molecular weight excluding hydrogens is 242 g/mol. The lowest BCUT2D eigenvalue weighted by Gasteiger charge is -2.20. The molecule has 0 amide bonds. The summed E-state index contributed by atoms with van der Waals surface area (Å²) in [6.45, 7) is 3.09. The first-order valence-electron chi connectivity index (χ1n) is 5.47. The summed E-state index contributed by atoms with van der Waals surface area (Å²) in [5.41, 5.74) is -0.624. The van der Waals surface area contributed by atoms with E-state index in [0.717, 1.165) is 6.07 Å². The van der Waals surface area contributed by atoms with Crippen LogP contribution in [0.3, 0.4) is 0 Å². The van der Waals surface area contributed by atoms with Crippen LogP contribution in [-0.2, 0) is 22.6 Å². The molecule has 3 nitrogen and oxygen atoms in total. The first kappa shape index (κ1) is 14.6. The highest BCUT2D eigenvalue weighted by Crippen LogP contribution is 2.26. The number of ether oxygens (including phenoxy) is 1. The van der Waals surface area contributed by atoms with Crippen LogP contribution in [0, 0.1) is 17.0 Å². The van der Waals surface area contributed by atoms with Gasteiger partial charge in [0.05, 0.1) is 12.0 Å². The Labute approximate surface area is 104 Å². The van der Waals surface area contributed by atoms with Crippen LogP contribution in [0.25, 0.3) is 0 Å². The lowest BCUT2D eigenvalue weighted by molar-refractivity contribution is -0.146. The third kappa shape index (κ3) is 3.26. The van der Waals surface area contributed by atoms with Gasteiger partial charge in [0.25, 0.3) is 0 Å². The van der Waals surface area contributed by atoms with E-state index in [-0.39, 0.29) is 18.6 Å². The molecule has 18 heavy (non-hydrogen) atoms. The van der Waals surface area contributed by atoms with Gasteiger partial charge >= 0.3 is 5.97 Å². The summed E-state index contributed by atoms with van der Waals surface area (Å²) in [6, 6.07) is 2.49. The van der Waals surface area contributed by atoms with Crippen molar-refractivity contribution in [2.45, 2.75) is 26.9 Å². The second kappa shape index (κ2) is 5.44. The van der Waals surface area contributed by atoms with E-state index in [1.807, 2.05) is 0 Å². The molecule has 0 aliphatic carbocycles. The quantitative estimate of drug-likeness (QED) is 0.883. The van der Waals surface area contributed by atoms with E-state index in [4.69, 9.17) is 9.84 Å². The molecule has 0 aromatic heterocycles. The van der Waals surface area contributed by atoms with E-state index in [1.165, 1.54) is 27.0 Å². The Morgan fingerprint density at radius 1 is 1.39 bits per heavy atom. The van der Waals surface area contributed by atoms with Crippen molar-refractivity contribution < 1.29 is 23.4 Å². The monoisotopic (exact) mass is 258 g/mol. The van der Waals surface area contributed by atoms with Crippen molar-refractivity contribution in [3.8, 4) is 0 Å². The van der Waals surface area contributed by atoms with Crippen LogP contribution in [0.5, 0.6) is 0 Å². The molecule has 1 aromatic carbocycles. The summed E-state index contributed by atoms with van der Waals surface area (Å²) >= 11 is 0. The topological polar surface area (TPSA) is 46.5 Å². The van der Waals surface area contributed by atoms with Crippen LogP contribution >= 0.6 is 0 Å². The zero-order valence-electron chi connectivity index (χ0n) is 10.6. The number of aliphatic carboxylic acids is 1. The van der Waals surface area contributed by atoms with Crippen LogP contribution in [0.15, 0.2) is 12.1 Å². The summed E-state index contributed by atoms with van der Waals surface area (Å²) < 4.78 is 31.8. The predicted molar refractivity (Wildman–Crippen MR) is 62.2 cm³/mol. The maximum Gasteiger partial charge on any atom is 0.309 e. The summed E-state index contributed by atoms with van der Waals surface area (Å²) in [7, 11) is 1.45. The maximum atomic E-state index is 13.6. The molecule has 0 saturated heterocycles. The average molecular weight is 258 g/mol. The molecule has 0 aliphatic heterocycles. The van der Waals surface area contributed by atoms with Gasteiger partial charge in [-0.2, -0.15) is 0 Å². The molecule has 0 radical (unpaired) electrons. The first-order valence-corrected chi connectivity index (χ1v) is 5.47. The summed E-state index contributed by atoms with van der Waals surface area (Å²) in [5.74, 6) is -3.04. The van der Waals surface area contributed by atoms with Gasteiger partial charge in [-0.15, -0.1) is 0 Å². The largest absolute Gasteiger partial charge is 0.481 e. The molecule has 5 heteroatoms. The summed E-state index contributed by atoms with van der Waals surface area (Å²) in [6.07, 6.45) is -0.0807. The van der Waals surface area contributed by atoms with Crippen molar-refractivity contribution in [3.63, 3.8) is 0 Å². The smallest absolute Gasteiger partial charge is 0.309 e. The highest BCUT2D eigenvalue weighted by Gasteiger charge is 2.29. The van der Waals surface area contributed by atoms with Crippen LogP contribution in [0.2, 0.25) is 0 Å². The molecule has 100 valence electrons. The predicted octanol–water partition coefficient (Wildman–Crippen LogP) is 2.76. The van der Waals surface area contributed by atoms with Crippen LogP contribution in [-0.4, -0.2) is 18.2 Å². The molecule has 0 saturated carbocycles. The fourth-order valence-corrected chi connectivity index (χ4v) is 1.64. The van der Waals surface area contributed by atoms with E-state index in [9.17, 15) is 13.6 Å². The van der Waals surface area contributed by atoms with Crippen molar-refractivity contribution in [1.29, 1.82) is 0 Å². The Balaban J connectivity index is 3.11. The van der Waals surface area contributed by atoms with E-state index < -0.39 is 23.0 Å². The Kier molecular flexibility index (Phi) is 4.40. The number of carbonyl (C=O) groups is 1. The van der Waals surface area contributed by atoms with Gasteiger partial charge in [0.1, 0.15) is 0 Å². The van der Waals surface area contributed by atoms with Gasteiger partial charge in [0, 0.05) is 7.11 Å². The molecule has 1 aromatic rings. The van der Waals surface area contributed by atoms with Crippen molar-refractivity contribution in [2.24, 2.45) is 5.41 Å². The van der Waals surface area contributed by atoms with Crippen LogP contribution in [0.1, 0.15) is 25.0 Å². The minimum atomic E-state index is -1.15. The Bertz CT molecular complexity index is 456. The normalized spacial score (nSPS) is 11.6. The number of methoxy groups -OCH3 is 1. The van der Waals surface area contributed by atoms with E-state index in [1.54, 1.807) is 0 Å². The molecule has 0 heterocycles. The van der Waals surface area contributed by atoms with Gasteiger partial charge in [0.2, 0.25) is 0 Å². The van der Waals surface area contributed by atoms with Crippen molar-refractivity contribution in [3.05, 3.63) is 34.9 Å². The molecule has 1 rings (SSSR count). The molecule has 0 bridgehead atoms. The van der Waals surface area contributed by atoms with Crippen molar-refractivity contribution in [1.82, 2.24) is 0 Å².